The summed E-state index contributed by atoms with van der Waals surface area (Å²) in [4.78, 5) is 37.7. The van der Waals surface area contributed by atoms with Crippen molar-refractivity contribution in [2.24, 2.45) is 5.92 Å². The van der Waals surface area contributed by atoms with Crippen molar-refractivity contribution in [1.82, 2.24) is 5.32 Å². The average Bonchev–Trinajstić information content (AvgIpc) is 2.78. The topological polar surface area (TPSA) is 90.9 Å². The average molecular weight is 454 g/mol. The largest absolute Gasteiger partial charge is 0.461 e. The summed E-state index contributed by atoms with van der Waals surface area (Å²) < 4.78 is 16.0. The molecule has 0 radical (unpaired) electrons. The molecule has 0 heterocycles. The monoisotopic (exact) mass is 453 g/mol. The Labute approximate surface area is 194 Å². The quantitative estimate of drug-likeness (QED) is 0.322. The van der Waals surface area contributed by atoms with Crippen molar-refractivity contribution in [1.29, 1.82) is 0 Å². The molecule has 1 amide bonds. The predicted octanol–water partition coefficient (Wildman–Crippen LogP) is 4.56. The zero-order chi connectivity index (χ0) is 24.3. The van der Waals surface area contributed by atoms with Gasteiger partial charge in [-0.3, -0.25) is 4.79 Å². The number of nitrogens with one attached hydrogen (secondary N) is 1. The van der Waals surface area contributed by atoms with Crippen molar-refractivity contribution in [2.75, 3.05) is 0 Å². The first-order valence-corrected chi connectivity index (χ1v) is 10.7. The van der Waals surface area contributed by atoms with E-state index in [-0.39, 0.29) is 19.6 Å². The number of carbonyl (C=O) groups excluding carboxylic acids is 3. The van der Waals surface area contributed by atoms with Crippen molar-refractivity contribution >= 4 is 18.0 Å². The molecule has 1 unspecified atom stereocenters. The maximum absolute atomic E-state index is 12.9. The molecular formula is C26H31NO6. The number of benzene rings is 2. The fourth-order valence-electron chi connectivity index (χ4n) is 2.92. The summed E-state index contributed by atoms with van der Waals surface area (Å²) in [6, 6.07) is 17.2. The molecule has 7 nitrogen and oxygen atoms in total. The van der Waals surface area contributed by atoms with Crippen molar-refractivity contribution in [2.45, 2.75) is 52.0 Å². The molecular weight excluding hydrogens is 422 g/mol. The second-order valence-electron chi connectivity index (χ2n) is 8.47. The van der Waals surface area contributed by atoms with Gasteiger partial charge in [-0.15, -0.1) is 6.58 Å². The number of alkyl carbamates (subject to hydrolysis) is 1. The third-order valence-corrected chi connectivity index (χ3v) is 4.53. The SMILES string of the molecule is C=CC(CC(=O)OCc1ccccc1)[C@@H](NC(=O)OC(C)(C)C)C(=O)OCc1ccccc1. The molecule has 2 aromatic rings. The second kappa shape index (κ2) is 12.4. The molecule has 176 valence electrons. The van der Waals surface area contributed by atoms with Crippen LogP contribution in [0.15, 0.2) is 73.3 Å². The fourth-order valence-corrected chi connectivity index (χ4v) is 2.92. The van der Waals surface area contributed by atoms with Crippen molar-refractivity contribution in [3.8, 4) is 0 Å². The van der Waals surface area contributed by atoms with Gasteiger partial charge < -0.3 is 19.5 Å². The molecule has 0 fully saturated rings. The van der Waals surface area contributed by atoms with E-state index in [4.69, 9.17) is 14.2 Å². The minimum Gasteiger partial charge on any atom is -0.461 e. The number of rotatable bonds is 10. The highest BCUT2D eigenvalue weighted by Crippen LogP contribution is 2.17. The Morgan fingerprint density at radius 3 is 1.91 bits per heavy atom. The van der Waals surface area contributed by atoms with Crippen LogP contribution in [0.5, 0.6) is 0 Å². The number of esters is 2. The minimum atomic E-state index is -1.18. The molecule has 33 heavy (non-hydrogen) atoms. The van der Waals surface area contributed by atoms with Crippen LogP contribution in [0.3, 0.4) is 0 Å². The van der Waals surface area contributed by atoms with Crippen LogP contribution in [0.2, 0.25) is 0 Å². The van der Waals surface area contributed by atoms with E-state index < -0.39 is 35.6 Å². The molecule has 0 aromatic heterocycles. The Hall–Kier alpha value is -3.61. The summed E-state index contributed by atoms with van der Waals surface area (Å²) in [5.74, 6) is -2.00. The van der Waals surface area contributed by atoms with Gasteiger partial charge in [0.15, 0.2) is 0 Å². The maximum Gasteiger partial charge on any atom is 0.408 e. The van der Waals surface area contributed by atoms with Gasteiger partial charge in [-0.1, -0.05) is 66.7 Å². The standard InChI is InChI=1S/C26H31NO6/c1-5-21(16-22(28)31-17-19-12-8-6-9-13-19)23(27-25(30)33-26(2,3)4)24(29)32-18-20-14-10-7-11-15-20/h5-15,21,23H,1,16-18H2,2-4H3,(H,27,30)/t21?,23-/m1/s1. The van der Waals surface area contributed by atoms with Crippen LogP contribution >= 0.6 is 0 Å². The van der Waals surface area contributed by atoms with E-state index >= 15 is 0 Å². The van der Waals surface area contributed by atoms with E-state index in [0.717, 1.165) is 11.1 Å². The van der Waals surface area contributed by atoms with E-state index in [1.807, 2.05) is 60.7 Å². The van der Waals surface area contributed by atoms with E-state index in [1.54, 1.807) is 20.8 Å². The number of ether oxygens (including phenoxy) is 3. The number of hydrogen-bond acceptors (Lipinski definition) is 6. The summed E-state index contributed by atoms with van der Waals surface area (Å²) in [5, 5.41) is 2.53. The molecule has 0 bridgehead atoms. The molecule has 0 spiro atoms. The Balaban J connectivity index is 2.07. The van der Waals surface area contributed by atoms with Gasteiger partial charge in [0.05, 0.1) is 6.42 Å². The van der Waals surface area contributed by atoms with Gasteiger partial charge in [0.2, 0.25) is 0 Å². The van der Waals surface area contributed by atoms with Gasteiger partial charge in [-0.05, 0) is 31.9 Å². The van der Waals surface area contributed by atoms with Gasteiger partial charge in [0.25, 0.3) is 0 Å². The van der Waals surface area contributed by atoms with E-state index in [0.29, 0.717) is 0 Å². The Bertz CT molecular complexity index is 921. The molecule has 0 saturated heterocycles. The highest BCUT2D eigenvalue weighted by atomic mass is 16.6. The minimum absolute atomic E-state index is 0.0223. The van der Waals surface area contributed by atoms with E-state index in [9.17, 15) is 14.4 Å². The molecule has 7 heteroatoms. The van der Waals surface area contributed by atoms with E-state index in [1.165, 1.54) is 6.08 Å². The lowest BCUT2D eigenvalue weighted by Crippen LogP contribution is -2.48. The number of carbonyl (C=O) groups is 3. The lowest BCUT2D eigenvalue weighted by Gasteiger charge is -2.26. The Kier molecular flexibility index (Phi) is 9.66. The molecule has 0 aliphatic carbocycles. The number of hydrogen-bond donors (Lipinski definition) is 1. The fraction of sp³-hybridized carbons (Fsp3) is 0.346. The van der Waals surface area contributed by atoms with Crippen LogP contribution in [-0.2, 0) is 37.0 Å². The molecule has 1 N–H and O–H groups in total. The summed E-state index contributed by atoms with van der Waals surface area (Å²) in [7, 11) is 0. The van der Waals surface area contributed by atoms with Gasteiger partial charge in [-0.25, -0.2) is 9.59 Å². The third kappa shape index (κ3) is 9.60. The summed E-state index contributed by atoms with van der Waals surface area (Å²) >= 11 is 0. The number of amides is 1. The normalized spacial score (nSPS) is 12.7. The first-order valence-electron chi connectivity index (χ1n) is 10.7. The van der Waals surface area contributed by atoms with Gasteiger partial charge in [0, 0.05) is 5.92 Å². The van der Waals surface area contributed by atoms with Crippen LogP contribution in [0.25, 0.3) is 0 Å². The summed E-state index contributed by atoms with van der Waals surface area (Å²) in [6.07, 6.45) is 0.459. The Morgan fingerprint density at radius 1 is 0.909 bits per heavy atom. The van der Waals surface area contributed by atoms with Crippen molar-refractivity contribution < 1.29 is 28.6 Å². The lowest BCUT2D eigenvalue weighted by molar-refractivity contribution is -0.150. The molecule has 2 atom stereocenters. The Morgan fingerprint density at radius 2 is 1.42 bits per heavy atom. The molecule has 2 aromatic carbocycles. The summed E-state index contributed by atoms with van der Waals surface area (Å²) in [5.41, 5.74) is 0.868. The third-order valence-electron chi connectivity index (χ3n) is 4.53. The smallest absolute Gasteiger partial charge is 0.408 e. The van der Waals surface area contributed by atoms with Gasteiger partial charge in [0.1, 0.15) is 24.9 Å². The van der Waals surface area contributed by atoms with E-state index in [2.05, 4.69) is 11.9 Å². The van der Waals surface area contributed by atoms with Gasteiger partial charge in [-0.2, -0.15) is 0 Å². The van der Waals surface area contributed by atoms with Crippen LogP contribution in [-0.4, -0.2) is 29.7 Å². The second-order valence-corrected chi connectivity index (χ2v) is 8.47. The van der Waals surface area contributed by atoms with Crippen LogP contribution in [0.1, 0.15) is 38.3 Å². The highest BCUT2D eigenvalue weighted by molar-refractivity contribution is 5.83. The van der Waals surface area contributed by atoms with Crippen LogP contribution < -0.4 is 5.32 Å². The van der Waals surface area contributed by atoms with Gasteiger partial charge >= 0.3 is 18.0 Å². The zero-order valence-corrected chi connectivity index (χ0v) is 19.3. The zero-order valence-electron chi connectivity index (χ0n) is 19.3. The maximum atomic E-state index is 12.9. The lowest BCUT2D eigenvalue weighted by atomic mass is 9.96. The first kappa shape index (κ1) is 25.6. The molecule has 0 aliphatic heterocycles. The first-order chi connectivity index (χ1) is 15.7. The molecule has 2 rings (SSSR count). The predicted molar refractivity (Wildman–Crippen MR) is 124 cm³/mol. The van der Waals surface area contributed by atoms with Crippen molar-refractivity contribution in [3.63, 3.8) is 0 Å². The van der Waals surface area contributed by atoms with Crippen molar-refractivity contribution in [3.05, 3.63) is 84.4 Å². The highest BCUT2D eigenvalue weighted by Gasteiger charge is 2.33. The van der Waals surface area contributed by atoms with Crippen LogP contribution in [0.4, 0.5) is 4.79 Å². The molecule has 0 saturated carbocycles. The summed E-state index contributed by atoms with van der Waals surface area (Å²) in [6.45, 7) is 8.98. The van der Waals surface area contributed by atoms with Crippen LogP contribution in [0, 0.1) is 5.92 Å². The molecule has 0 aliphatic rings.